The molecule has 1 fully saturated rings. The van der Waals surface area contributed by atoms with Crippen molar-refractivity contribution in [2.24, 2.45) is 5.92 Å². The van der Waals surface area contributed by atoms with E-state index in [-0.39, 0.29) is 11.8 Å². The Kier molecular flexibility index (Phi) is 3.53. The molecule has 1 aromatic carbocycles. The first-order valence-corrected chi connectivity index (χ1v) is 7.40. The number of carbonyl (C=O) groups excluding carboxylic acids is 1. The minimum absolute atomic E-state index is 0.101. The quantitative estimate of drug-likeness (QED) is 0.933. The maximum atomic E-state index is 11.6. The molecule has 0 saturated heterocycles. The summed E-state index contributed by atoms with van der Waals surface area (Å²) < 4.78 is 0. The van der Waals surface area contributed by atoms with Crippen molar-refractivity contribution in [3.8, 4) is 0 Å². The summed E-state index contributed by atoms with van der Waals surface area (Å²) >= 11 is 7.48. The number of aromatic nitrogens is 1. The van der Waals surface area contributed by atoms with E-state index in [1.54, 1.807) is 0 Å². The van der Waals surface area contributed by atoms with E-state index in [1.165, 1.54) is 11.3 Å². The smallest absolute Gasteiger partial charge is 0.229 e. The van der Waals surface area contributed by atoms with E-state index in [9.17, 15) is 4.79 Å². The third-order valence-corrected chi connectivity index (χ3v) is 4.15. The van der Waals surface area contributed by atoms with Gasteiger partial charge in [0.1, 0.15) is 0 Å². The molecule has 0 aliphatic heterocycles. The van der Waals surface area contributed by atoms with Crippen molar-refractivity contribution in [1.29, 1.82) is 0 Å². The molecule has 19 heavy (non-hydrogen) atoms. The van der Waals surface area contributed by atoms with Gasteiger partial charge >= 0.3 is 0 Å². The number of rotatable bonds is 4. The standard InChI is InChI=1S/C14H13ClN2OS/c15-11-3-1-2-9(6-11)7-12-8-16-14(19-12)17-13(18)10-4-5-10/h1-3,6,8,10H,4-5,7H2,(H,16,17,18). The van der Waals surface area contributed by atoms with E-state index in [4.69, 9.17) is 11.6 Å². The number of nitrogens with zero attached hydrogens (tertiary/aromatic N) is 1. The van der Waals surface area contributed by atoms with Gasteiger partial charge in [0.25, 0.3) is 0 Å². The zero-order chi connectivity index (χ0) is 13.2. The summed E-state index contributed by atoms with van der Waals surface area (Å²) in [7, 11) is 0. The van der Waals surface area contributed by atoms with Crippen LogP contribution in [0.1, 0.15) is 23.3 Å². The van der Waals surface area contributed by atoms with Crippen molar-refractivity contribution < 1.29 is 4.79 Å². The molecule has 0 bridgehead atoms. The molecule has 1 aliphatic rings. The lowest BCUT2D eigenvalue weighted by Crippen LogP contribution is -2.12. The fraction of sp³-hybridized carbons (Fsp3) is 0.286. The van der Waals surface area contributed by atoms with Gasteiger partial charge in [0.2, 0.25) is 5.91 Å². The maximum Gasteiger partial charge on any atom is 0.229 e. The molecular weight excluding hydrogens is 280 g/mol. The molecule has 0 atom stereocenters. The van der Waals surface area contributed by atoms with Crippen LogP contribution in [0.2, 0.25) is 5.02 Å². The van der Waals surface area contributed by atoms with Gasteiger partial charge in [-0.3, -0.25) is 4.79 Å². The van der Waals surface area contributed by atoms with E-state index < -0.39 is 0 Å². The first-order chi connectivity index (χ1) is 9.20. The van der Waals surface area contributed by atoms with Crippen LogP contribution in [0.25, 0.3) is 0 Å². The van der Waals surface area contributed by atoms with Crippen LogP contribution in [0.3, 0.4) is 0 Å². The van der Waals surface area contributed by atoms with Crippen molar-refractivity contribution in [1.82, 2.24) is 4.98 Å². The van der Waals surface area contributed by atoms with Crippen molar-refractivity contribution >= 4 is 34.0 Å². The summed E-state index contributed by atoms with van der Waals surface area (Å²) in [6, 6.07) is 7.78. The minimum Gasteiger partial charge on any atom is -0.302 e. The highest BCUT2D eigenvalue weighted by atomic mass is 35.5. The first-order valence-electron chi connectivity index (χ1n) is 6.21. The van der Waals surface area contributed by atoms with E-state index in [0.717, 1.165) is 34.7 Å². The van der Waals surface area contributed by atoms with Gasteiger partial charge < -0.3 is 5.32 Å². The number of benzene rings is 1. The van der Waals surface area contributed by atoms with Crippen LogP contribution in [-0.4, -0.2) is 10.9 Å². The fourth-order valence-corrected chi connectivity index (χ4v) is 2.91. The van der Waals surface area contributed by atoms with Crippen LogP contribution in [0.5, 0.6) is 0 Å². The second-order valence-electron chi connectivity index (χ2n) is 4.70. The predicted octanol–water partition coefficient (Wildman–Crippen LogP) is 3.74. The molecule has 1 saturated carbocycles. The molecule has 0 unspecified atom stereocenters. The number of anilines is 1. The zero-order valence-corrected chi connectivity index (χ0v) is 11.8. The van der Waals surface area contributed by atoms with Crippen molar-refractivity contribution in [2.75, 3.05) is 5.32 Å². The molecule has 1 amide bonds. The lowest BCUT2D eigenvalue weighted by Gasteiger charge is -1.99. The van der Waals surface area contributed by atoms with E-state index in [1.807, 2.05) is 30.5 Å². The third kappa shape index (κ3) is 3.33. The van der Waals surface area contributed by atoms with E-state index in [0.29, 0.717) is 5.13 Å². The molecule has 5 heteroatoms. The molecule has 3 rings (SSSR count). The summed E-state index contributed by atoms with van der Waals surface area (Å²) in [6.07, 6.45) is 4.62. The molecule has 98 valence electrons. The Hall–Kier alpha value is -1.39. The lowest BCUT2D eigenvalue weighted by atomic mass is 10.1. The number of carbonyl (C=O) groups is 1. The van der Waals surface area contributed by atoms with Crippen LogP contribution in [-0.2, 0) is 11.2 Å². The van der Waals surface area contributed by atoms with Crippen LogP contribution in [0.4, 0.5) is 5.13 Å². The highest BCUT2D eigenvalue weighted by molar-refractivity contribution is 7.15. The summed E-state index contributed by atoms with van der Waals surface area (Å²) in [5.41, 5.74) is 1.15. The minimum atomic E-state index is 0.101. The third-order valence-electron chi connectivity index (χ3n) is 3.00. The molecule has 1 heterocycles. The van der Waals surface area contributed by atoms with E-state index >= 15 is 0 Å². The Bertz CT molecular complexity index is 607. The Morgan fingerprint density at radius 2 is 2.32 bits per heavy atom. The Morgan fingerprint density at radius 1 is 1.47 bits per heavy atom. The Balaban J connectivity index is 1.65. The highest BCUT2D eigenvalue weighted by Crippen LogP contribution is 2.31. The topological polar surface area (TPSA) is 42.0 Å². The number of nitrogens with one attached hydrogen (secondary N) is 1. The van der Waals surface area contributed by atoms with Gasteiger partial charge in [0.15, 0.2) is 5.13 Å². The van der Waals surface area contributed by atoms with Gasteiger partial charge in [-0.1, -0.05) is 23.7 Å². The normalized spacial score (nSPS) is 14.4. The predicted molar refractivity (Wildman–Crippen MR) is 77.7 cm³/mol. The van der Waals surface area contributed by atoms with Gasteiger partial charge in [-0.05, 0) is 30.5 Å². The fourth-order valence-electron chi connectivity index (χ4n) is 1.85. The van der Waals surface area contributed by atoms with Crippen LogP contribution in [0.15, 0.2) is 30.5 Å². The lowest BCUT2D eigenvalue weighted by molar-refractivity contribution is -0.117. The SMILES string of the molecule is O=C(Nc1ncc(Cc2cccc(Cl)c2)s1)C1CC1. The molecule has 1 aliphatic carbocycles. The highest BCUT2D eigenvalue weighted by Gasteiger charge is 2.30. The molecule has 1 N–H and O–H groups in total. The van der Waals surface area contributed by atoms with Gasteiger partial charge in [-0.25, -0.2) is 4.98 Å². The molecule has 0 spiro atoms. The Labute approximate surface area is 120 Å². The van der Waals surface area contributed by atoms with Crippen LogP contribution in [0, 0.1) is 5.92 Å². The Morgan fingerprint density at radius 3 is 3.05 bits per heavy atom. The maximum absolute atomic E-state index is 11.6. The largest absolute Gasteiger partial charge is 0.302 e. The molecule has 0 radical (unpaired) electrons. The second kappa shape index (κ2) is 5.31. The molecular formula is C14H13ClN2OS. The number of hydrogen-bond acceptors (Lipinski definition) is 3. The number of hydrogen-bond donors (Lipinski definition) is 1. The number of thiazole rings is 1. The average molecular weight is 293 g/mol. The van der Waals surface area contributed by atoms with Crippen molar-refractivity contribution in [3.63, 3.8) is 0 Å². The van der Waals surface area contributed by atoms with Gasteiger partial charge in [-0.2, -0.15) is 0 Å². The van der Waals surface area contributed by atoms with E-state index in [2.05, 4.69) is 10.3 Å². The summed E-state index contributed by atoms with van der Waals surface area (Å²) in [4.78, 5) is 17.0. The summed E-state index contributed by atoms with van der Waals surface area (Å²) in [5.74, 6) is 0.309. The summed E-state index contributed by atoms with van der Waals surface area (Å²) in [5, 5.41) is 4.29. The first kappa shape index (κ1) is 12.6. The second-order valence-corrected chi connectivity index (χ2v) is 6.25. The molecule has 1 aromatic heterocycles. The summed E-state index contributed by atoms with van der Waals surface area (Å²) in [6.45, 7) is 0. The van der Waals surface area contributed by atoms with Gasteiger partial charge in [-0.15, -0.1) is 11.3 Å². The van der Waals surface area contributed by atoms with Crippen molar-refractivity contribution in [3.05, 3.63) is 45.9 Å². The van der Waals surface area contributed by atoms with Gasteiger partial charge in [0.05, 0.1) is 0 Å². The van der Waals surface area contributed by atoms with Crippen LogP contribution < -0.4 is 5.32 Å². The van der Waals surface area contributed by atoms with Crippen LogP contribution >= 0.6 is 22.9 Å². The monoisotopic (exact) mass is 292 g/mol. The number of halogens is 1. The average Bonchev–Trinajstić information content (AvgIpc) is 3.13. The molecule has 2 aromatic rings. The number of amides is 1. The zero-order valence-electron chi connectivity index (χ0n) is 10.2. The van der Waals surface area contributed by atoms with Crippen molar-refractivity contribution in [2.45, 2.75) is 19.3 Å². The van der Waals surface area contributed by atoms with Gasteiger partial charge in [0, 0.05) is 28.4 Å². The molecule has 3 nitrogen and oxygen atoms in total.